The van der Waals surface area contributed by atoms with Gasteiger partial charge in [-0.15, -0.1) is 0 Å². The van der Waals surface area contributed by atoms with Gasteiger partial charge in [0.2, 0.25) is 17.7 Å². The molecule has 10 heteroatoms. The van der Waals surface area contributed by atoms with Crippen molar-refractivity contribution in [2.45, 2.75) is 72.4 Å². The summed E-state index contributed by atoms with van der Waals surface area (Å²) in [7, 11) is 0. The maximum atomic E-state index is 12.7. The molecule has 1 aliphatic rings. The highest BCUT2D eigenvalue weighted by Crippen LogP contribution is 2.38. The molecule has 2 aromatic carbocycles. The largest absolute Gasteiger partial charge is 0.444 e. The SMILES string of the molecule is Cc1ccc2c(NC(=O)CC(C)C)cccc2c1Oc1ncccc1-c1ccnc(N[C@H]2CCCN(C(=O)OC(C)(C)C)C2)n1. The average molecular weight is 611 g/mol. The summed E-state index contributed by atoms with van der Waals surface area (Å²) in [5, 5.41) is 8.22. The minimum Gasteiger partial charge on any atom is -0.444 e. The van der Waals surface area contributed by atoms with E-state index in [0.29, 0.717) is 48.3 Å². The molecule has 2 N–H and O–H groups in total. The molecule has 4 aromatic rings. The van der Waals surface area contributed by atoms with Crippen LogP contribution in [0, 0.1) is 12.8 Å². The fourth-order valence-electron chi connectivity index (χ4n) is 5.37. The molecule has 5 rings (SSSR count). The molecule has 2 amide bonds. The molecular formula is C35H42N6O4. The third-order valence-corrected chi connectivity index (χ3v) is 7.38. The monoisotopic (exact) mass is 610 g/mol. The Hall–Kier alpha value is -4.73. The van der Waals surface area contributed by atoms with Crippen LogP contribution in [-0.4, -0.2) is 56.6 Å². The third-order valence-electron chi connectivity index (χ3n) is 7.38. The van der Waals surface area contributed by atoms with Crippen molar-refractivity contribution in [1.82, 2.24) is 19.9 Å². The number of hydrogen-bond donors (Lipinski definition) is 2. The molecule has 0 aliphatic carbocycles. The van der Waals surface area contributed by atoms with Crippen molar-refractivity contribution in [1.29, 1.82) is 0 Å². The number of aryl methyl sites for hydroxylation is 1. The lowest BCUT2D eigenvalue weighted by molar-refractivity contribution is -0.116. The molecule has 2 aromatic heterocycles. The molecule has 1 aliphatic heterocycles. The zero-order valence-electron chi connectivity index (χ0n) is 26.9. The summed E-state index contributed by atoms with van der Waals surface area (Å²) in [6.07, 6.45) is 5.26. The number of nitrogens with zero attached hydrogens (tertiary/aromatic N) is 4. The lowest BCUT2D eigenvalue weighted by Crippen LogP contribution is -2.47. The molecule has 1 fully saturated rings. The first-order valence-electron chi connectivity index (χ1n) is 15.5. The van der Waals surface area contributed by atoms with Crippen LogP contribution >= 0.6 is 0 Å². The number of fused-ring (bicyclic) bond motifs is 1. The number of benzene rings is 2. The Morgan fingerprint density at radius 1 is 1.02 bits per heavy atom. The van der Waals surface area contributed by atoms with Gasteiger partial charge in [0.25, 0.3) is 0 Å². The molecule has 236 valence electrons. The van der Waals surface area contributed by atoms with Crippen molar-refractivity contribution >= 4 is 34.4 Å². The van der Waals surface area contributed by atoms with Crippen molar-refractivity contribution in [3.63, 3.8) is 0 Å². The van der Waals surface area contributed by atoms with Gasteiger partial charge in [0.1, 0.15) is 11.4 Å². The van der Waals surface area contributed by atoms with Crippen LogP contribution in [-0.2, 0) is 9.53 Å². The number of likely N-dealkylation sites (tertiary alicyclic amines) is 1. The van der Waals surface area contributed by atoms with Crippen LogP contribution in [0.25, 0.3) is 22.0 Å². The van der Waals surface area contributed by atoms with Gasteiger partial charge in [-0.2, -0.15) is 0 Å². The van der Waals surface area contributed by atoms with E-state index < -0.39 is 5.60 Å². The highest BCUT2D eigenvalue weighted by molar-refractivity contribution is 6.04. The number of ether oxygens (including phenoxy) is 2. The van der Waals surface area contributed by atoms with Gasteiger partial charge < -0.3 is 25.0 Å². The second kappa shape index (κ2) is 13.5. The molecule has 10 nitrogen and oxygen atoms in total. The van der Waals surface area contributed by atoms with Gasteiger partial charge in [-0.3, -0.25) is 4.79 Å². The van der Waals surface area contributed by atoms with E-state index in [0.717, 1.165) is 34.9 Å². The lowest BCUT2D eigenvalue weighted by atomic mass is 10.0. The smallest absolute Gasteiger partial charge is 0.410 e. The highest BCUT2D eigenvalue weighted by Gasteiger charge is 2.28. The summed E-state index contributed by atoms with van der Waals surface area (Å²) in [4.78, 5) is 40.8. The molecule has 1 saturated heterocycles. The molecule has 0 saturated carbocycles. The van der Waals surface area contributed by atoms with Gasteiger partial charge in [0, 0.05) is 54.4 Å². The van der Waals surface area contributed by atoms with E-state index in [9.17, 15) is 9.59 Å². The van der Waals surface area contributed by atoms with Gasteiger partial charge in [0.15, 0.2) is 0 Å². The zero-order chi connectivity index (χ0) is 32.1. The van der Waals surface area contributed by atoms with Gasteiger partial charge in [0.05, 0.1) is 11.3 Å². The Morgan fingerprint density at radius 2 is 1.84 bits per heavy atom. The summed E-state index contributed by atoms with van der Waals surface area (Å²) in [5.41, 5.74) is 2.48. The van der Waals surface area contributed by atoms with E-state index in [4.69, 9.17) is 14.5 Å². The van der Waals surface area contributed by atoms with Crippen LogP contribution in [0.2, 0.25) is 0 Å². The Kier molecular flexibility index (Phi) is 9.51. The third kappa shape index (κ3) is 8.06. The van der Waals surface area contributed by atoms with E-state index >= 15 is 0 Å². The number of rotatable bonds is 8. The van der Waals surface area contributed by atoms with Crippen LogP contribution in [0.1, 0.15) is 59.4 Å². The summed E-state index contributed by atoms with van der Waals surface area (Å²) in [6, 6.07) is 15.3. The van der Waals surface area contributed by atoms with Crippen LogP contribution in [0.5, 0.6) is 11.6 Å². The second-order valence-corrected chi connectivity index (χ2v) is 12.9. The Morgan fingerprint density at radius 3 is 2.62 bits per heavy atom. The molecule has 3 heterocycles. The van der Waals surface area contributed by atoms with Crippen LogP contribution in [0.3, 0.4) is 0 Å². The molecule has 1 atom stereocenters. The first-order valence-corrected chi connectivity index (χ1v) is 15.5. The maximum absolute atomic E-state index is 12.7. The van der Waals surface area contributed by atoms with Gasteiger partial charge in [-0.25, -0.2) is 19.7 Å². The highest BCUT2D eigenvalue weighted by atomic mass is 16.6. The minimum absolute atomic E-state index is 0.0142. The quantitative estimate of drug-likeness (QED) is 0.210. The molecule has 0 radical (unpaired) electrons. The minimum atomic E-state index is -0.547. The number of carbonyl (C=O) groups is 2. The Labute approximate surface area is 264 Å². The second-order valence-electron chi connectivity index (χ2n) is 12.9. The van der Waals surface area contributed by atoms with Crippen molar-refractivity contribution in [3.05, 3.63) is 66.5 Å². The standard InChI is InChI=1S/C35H42N6O4/c1-22(2)20-30(42)39-28-13-7-11-26-25(28)15-14-23(3)31(26)44-32-27(12-8-17-36-32)29-16-18-37-33(40-29)38-24-10-9-19-41(21-24)34(43)45-35(4,5)6/h7-8,11-18,22,24H,9-10,19-21H2,1-6H3,(H,39,42)(H,37,38,40)/t24-/m0/s1. The number of anilines is 2. The number of aromatic nitrogens is 3. The molecular weight excluding hydrogens is 568 g/mol. The number of pyridine rings is 1. The summed E-state index contributed by atoms with van der Waals surface area (Å²) < 4.78 is 12.1. The average Bonchev–Trinajstić information content (AvgIpc) is 2.98. The fourth-order valence-corrected chi connectivity index (χ4v) is 5.37. The molecule has 45 heavy (non-hydrogen) atoms. The number of nitrogens with one attached hydrogen (secondary N) is 2. The van der Waals surface area contributed by atoms with Crippen molar-refractivity contribution in [3.8, 4) is 22.9 Å². The van der Waals surface area contributed by atoms with Gasteiger partial charge in [-0.1, -0.05) is 38.1 Å². The van der Waals surface area contributed by atoms with E-state index in [1.54, 1.807) is 17.3 Å². The fraction of sp³-hybridized carbons (Fsp3) is 0.400. The van der Waals surface area contributed by atoms with Gasteiger partial charge >= 0.3 is 6.09 Å². The van der Waals surface area contributed by atoms with E-state index in [2.05, 4.69) is 20.6 Å². The van der Waals surface area contributed by atoms with E-state index in [1.165, 1.54) is 0 Å². The van der Waals surface area contributed by atoms with Gasteiger partial charge in [-0.05, 0) is 76.3 Å². The first-order chi connectivity index (χ1) is 21.5. The van der Waals surface area contributed by atoms with Crippen molar-refractivity contribution in [2.24, 2.45) is 5.92 Å². The van der Waals surface area contributed by atoms with E-state index in [-0.39, 0.29) is 24.0 Å². The number of amides is 2. The Balaban J connectivity index is 1.38. The van der Waals surface area contributed by atoms with E-state index in [1.807, 2.05) is 90.1 Å². The number of hydrogen-bond acceptors (Lipinski definition) is 8. The topological polar surface area (TPSA) is 119 Å². The summed E-state index contributed by atoms with van der Waals surface area (Å²) in [5.74, 6) is 1.76. The Bertz CT molecular complexity index is 1680. The number of carbonyl (C=O) groups excluding carboxylic acids is 2. The van der Waals surface area contributed by atoms with Crippen LogP contribution in [0.4, 0.5) is 16.4 Å². The molecule has 0 unspecified atom stereocenters. The molecule has 0 spiro atoms. The van der Waals surface area contributed by atoms with Crippen LogP contribution < -0.4 is 15.4 Å². The van der Waals surface area contributed by atoms with Crippen LogP contribution in [0.15, 0.2) is 60.9 Å². The summed E-state index contributed by atoms with van der Waals surface area (Å²) >= 11 is 0. The maximum Gasteiger partial charge on any atom is 0.410 e. The first kappa shape index (κ1) is 31.7. The predicted octanol–water partition coefficient (Wildman–Crippen LogP) is 7.59. The van der Waals surface area contributed by atoms with Crippen molar-refractivity contribution in [2.75, 3.05) is 23.7 Å². The zero-order valence-corrected chi connectivity index (χ0v) is 26.9. The molecule has 0 bridgehead atoms. The predicted molar refractivity (Wildman–Crippen MR) is 177 cm³/mol. The van der Waals surface area contributed by atoms with Crippen molar-refractivity contribution < 1.29 is 19.1 Å². The lowest BCUT2D eigenvalue weighted by Gasteiger charge is -2.34. The normalized spacial score (nSPS) is 15.2. The number of piperidine rings is 1. The summed E-state index contributed by atoms with van der Waals surface area (Å²) in [6.45, 7) is 12.8.